The van der Waals surface area contributed by atoms with Crippen LogP contribution >= 0.6 is 0 Å². The van der Waals surface area contributed by atoms with E-state index >= 15 is 0 Å². The van der Waals surface area contributed by atoms with Gasteiger partial charge in [-0.05, 0) is 36.2 Å². The van der Waals surface area contributed by atoms with Crippen molar-refractivity contribution < 1.29 is 19.5 Å². The Labute approximate surface area is 151 Å². The van der Waals surface area contributed by atoms with Crippen molar-refractivity contribution in [3.8, 4) is 5.75 Å². The third-order valence-corrected chi connectivity index (χ3v) is 4.59. The number of carbonyl (C=O) groups excluding carboxylic acids is 1. The predicted molar refractivity (Wildman–Crippen MR) is 94.1 cm³/mol. The number of aliphatic hydroxyl groups excluding tert-OH is 1. The molecule has 2 aromatic rings. The number of hydrogen-bond donors (Lipinski definition) is 4. The molecule has 136 valence electrons. The van der Waals surface area contributed by atoms with Crippen molar-refractivity contribution in [3.05, 3.63) is 64.7 Å². The third-order valence-electron chi connectivity index (χ3n) is 4.59. The lowest BCUT2D eigenvalue weighted by atomic mass is 10.0. The van der Waals surface area contributed by atoms with Crippen LogP contribution in [-0.4, -0.2) is 23.8 Å². The third kappa shape index (κ3) is 3.30. The molecule has 0 aromatic heterocycles. The molecule has 0 saturated carbocycles. The normalized spacial score (nSPS) is 24.2. The summed E-state index contributed by atoms with van der Waals surface area (Å²) in [4.78, 5) is 17.8. The molecule has 26 heavy (non-hydrogen) atoms. The standard InChI is InChI=1S/C19H21N3O4/c1-11-20-18(22-26-11)13-5-6-15-16(10-25-17(15)8-13)21-19(24)14-4-2-3-12(7-14)9-23/h2-8,11,16,18,20,22-23H,9-10H2,1H3,(H,21,24)/t11?,16-,18?/m1/s1. The van der Waals surface area contributed by atoms with E-state index in [1.165, 1.54) is 0 Å². The zero-order valence-corrected chi connectivity index (χ0v) is 14.4. The van der Waals surface area contributed by atoms with Crippen molar-refractivity contribution in [3.63, 3.8) is 0 Å². The quantitative estimate of drug-likeness (QED) is 0.665. The molecule has 2 aliphatic heterocycles. The molecule has 4 rings (SSSR count). The van der Waals surface area contributed by atoms with Crippen LogP contribution in [0.15, 0.2) is 42.5 Å². The zero-order valence-electron chi connectivity index (χ0n) is 14.4. The largest absolute Gasteiger partial charge is 0.491 e. The first-order valence-electron chi connectivity index (χ1n) is 8.58. The van der Waals surface area contributed by atoms with E-state index in [1.807, 2.05) is 25.1 Å². The molecule has 1 amide bonds. The van der Waals surface area contributed by atoms with Crippen molar-refractivity contribution in [1.82, 2.24) is 16.1 Å². The van der Waals surface area contributed by atoms with Gasteiger partial charge in [0.15, 0.2) is 0 Å². The Hall–Kier alpha value is -2.45. The second-order valence-corrected chi connectivity index (χ2v) is 6.47. The Balaban J connectivity index is 1.48. The summed E-state index contributed by atoms with van der Waals surface area (Å²) in [6.45, 7) is 2.22. The highest BCUT2D eigenvalue weighted by Crippen LogP contribution is 2.34. The molecule has 0 spiro atoms. The molecule has 7 heteroatoms. The van der Waals surface area contributed by atoms with Crippen LogP contribution in [0.5, 0.6) is 5.75 Å². The molecule has 0 aliphatic carbocycles. The number of aliphatic hydroxyl groups is 1. The Kier molecular flexibility index (Phi) is 4.60. The van der Waals surface area contributed by atoms with Crippen LogP contribution in [0, 0.1) is 0 Å². The maximum atomic E-state index is 12.5. The summed E-state index contributed by atoms with van der Waals surface area (Å²) in [6.07, 6.45) is -0.148. The van der Waals surface area contributed by atoms with Crippen molar-refractivity contribution in [2.24, 2.45) is 0 Å². The number of fused-ring (bicyclic) bond motifs is 1. The molecule has 4 N–H and O–H groups in total. The molecule has 2 aromatic carbocycles. The van der Waals surface area contributed by atoms with Gasteiger partial charge in [-0.3, -0.25) is 14.9 Å². The number of hydrogen-bond acceptors (Lipinski definition) is 6. The lowest BCUT2D eigenvalue weighted by Crippen LogP contribution is -2.29. The van der Waals surface area contributed by atoms with E-state index in [9.17, 15) is 9.90 Å². The van der Waals surface area contributed by atoms with Crippen LogP contribution in [0.4, 0.5) is 0 Å². The average Bonchev–Trinajstić information content (AvgIpc) is 3.28. The number of rotatable bonds is 4. The van der Waals surface area contributed by atoms with Gasteiger partial charge in [0.1, 0.15) is 24.8 Å². The highest BCUT2D eigenvalue weighted by atomic mass is 16.7. The fourth-order valence-corrected chi connectivity index (χ4v) is 3.22. The second kappa shape index (κ2) is 7.05. The van der Waals surface area contributed by atoms with E-state index in [4.69, 9.17) is 9.57 Å². The zero-order chi connectivity index (χ0) is 18.1. The molecule has 0 radical (unpaired) electrons. The topological polar surface area (TPSA) is 91.9 Å². The molecule has 1 fully saturated rings. The fraction of sp³-hybridized carbons (Fsp3) is 0.316. The van der Waals surface area contributed by atoms with Gasteiger partial charge >= 0.3 is 0 Å². The van der Waals surface area contributed by atoms with Gasteiger partial charge in [0, 0.05) is 11.1 Å². The van der Waals surface area contributed by atoms with Crippen molar-refractivity contribution >= 4 is 5.91 Å². The first kappa shape index (κ1) is 17.0. The summed E-state index contributed by atoms with van der Waals surface area (Å²) < 4.78 is 5.77. The molecule has 1 saturated heterocycles. The van der Waals surface area contributed by atoms with Gasteiger partial charge in [0.05, 0.1) is 12.6 Å². The first-order valence-corrected chi connectivity index (χ1v) is 8.58. The van der Waals surface area contributed by atoms with Gasteiger partial charge in [0.2, 0.25) is 0 Å². The SMILES string of the molecule is CC1NC(c2ccc3c(c2)OC[C@H]3NC(=O)c2cccc(CO)c2)NO1. The van der Waals surface area contributed by atoms with Gasteiger partial charge in [-0.25, -0.2) is 0 Å². The molecule has 7 nitrogen and oxygen atoms in total. The molecule has 2 unspecified atom stereocenters. The minimum absolute atomic E-state index is 0.0594. The maximum Gasteiger partial charge on any atom is 0.251 e. The molecule has 0 bridgehead atoms. The predicted octanol–water partition coefficient (Wildman–Crippen LogP) is 1.51. The number of benzene rings is 2. The van der Waals surface area contributed by atoms with E-state index in [-0.39, 0.29) is 30.9 Å². The smallest absolute Gasteiger partial charge is 0.251 e. The Bertz CT molecular complexity index is 826. The summed E-state index contributed by atoms with van der Waals surface area (Å²) in [7, 11) is 0. The Morgan fingerprint density at radius 1 is 1.31 bits per heavy atom. The first-order chi connectivity index (χ1) is 12.6. The fourth-order valence-electron chi connectivity index (χ4n) is 3.22. The lowest BCUT2D eigenvalue weighted by Gasteiger charge is -2.14. The van der Waals surface area contributed by atoms with E-state index in [1.54, 1.807) is 24.3 Å². The van der Waals surface area contributed by atoms with Gasteiger partial charge in [0.25, 0.3) is 5.91 Å². The van der Waals surface area contributed by atoms with Crippen LogP contribution < -0.4 is 20.9 Å². The number of carbonyl (C=O) groups is 1. The number of hydroxylamine groups is 1. The minimum atomic E-state index is -0.205. The highest BCUT2D eigenvalue weighted by Gasteiger charge is 2.29. The van der Waals surface area contributed by atoms with Gasteiger partial charge in [-0.2, -0.15) is 5.48 Å². The molecular weight excluding hydrogens is 334 g/mol. The number of amides is 1. The second-order valence-electron chi connectivity index (χ2n) is 6.47. The van der Waals surface area contributed by atoms with Gasteiger partial charge in [-0.1, -0.05) is 24.3 Å². The summed E-state index contributed by atoms with van der Waals surface area (Å²) in [6, 6.07) is 12.7. The van der Waals surface area contributed by atoms with E-state index in [0.717, 1.165) is 16.9 Å². The summed E-state index contributed by atoms with van der Waals surface area (Å²) in [5.41, 5.74) is 6.12. The molecular formula is C19H21N3O4. The Morgan fingerprint density at radius 3 is 2.96 bits per heavy atom. The van der Waals surface area contributed by atoms with Crippen LogP contribution in [0.1, 0.15) is 46.2 Å². The van der Waals surface area contributed by atoms with E-state index in [2.05, 4.69) is 16.1 Å². The summed E-state index contributed by atoms with van der Waals surface area (Å²) >= 11 is 0. The van der Waals surface area contributed by atoms with Gasteiger partial charge in [-0.15, -0.1) is 0 Å². The van der Waals surface area contributed by atoms with Crippen molar-refractivity contribution in [2.45, 2.75) is 32.0 Å². The molecule has 2 heterocycles. The van der Waals surface area contributed by atoms with Crippen molar-refractivity contribution in [2.75, 3.05) is 6.61 Å². The van der Waals surface area contributed by atoms with Crippen molar-refractivity contribution in [1.29, 1.82) is 0 Å². The van der Waals surface area contributed by atoms with Gasteiger partial charge < -0.3 is 15.2 Å². The summed E-state index contributed by atoms with van der Waals surface area (Å²) in [5.74, 6) is 0.576. The molecule has 3 atom stereocenters. The van der Waals surface area contributed by atoms with Crippen LogP contribution in [-0.2, 0) is 11.4 Å². The summed E-state index contributed by atoms with van der Waals surface area (Å²) in [5, 5.41) is 15.5. The van der Waals surface area contributed by atoms with Crippen LogP contribution in [0.25, 0.3) is 0 Å². The lowest BCUT2D eigenvalue weighted by molar-refractivity contribution is 0.0329. The number of nitrogens with one attached hydrogen (secondary N) is 3. The Morgan fingerprint density at radius 2 is 2.19 bits per heavy atom. The van der Waals surface area contributed by atoms with E-state index in [0.29, 0.717) is 17.7 Å². The van der Waals surface area contributed by atoms with Crippen LogP contribution in [0.2, 0.25) is 0 Å². The average molecular weight is 355 g/mol. The highest BCUT2D eigenvalue weighted by molar-refractivity contribution is 5.94. The van der Waals surface area contributed by atoms with Crippen LogP contribution in [0.3, 0.4) is 0 Å². The maximum absolute atomic E-state index is 12.5. The minimum Gasteiger partial charge on any atom is -0.491 e. The number of ether oxygens (including phenoxy) is 1. The van der Waals surface area contributed by atoms with E-state index < -0.39 is 0 Å². The molecule has 2 aliphatic rings. The monoisotopic (exact) mass is 355 g/mol.